The minimum atomic E-state index is -3.26. The number of fused-ring (bicyclic) bond motifs is 3. The highest BCUT2D eigenvalue weighted by Crippen LogP contribution is 2.43. The van der Waals surface area contributed by atoms with E-state index in [1.807, 2.05) is 12.1 Å². The first-order valence-electron chi connectivity index (χ1n) is 31.0. The van der Waals surface area contributed by atoms with Crippen molar-refractivity contribution in [2.75, 3.05) is 0 Å². The van der Waals surface area contributed by atoms with Crippen LogP contribution in [-0.2, 0) is 44.6 Å². The number of pyridine rings is 3. The van der Waals surface area contributed by atoms with E-state index in [1.165, 1.54) is 42.5 Å². The Morgan fingerprint density at radius 3 is 1.46 bits per heavy atom. The monoisotopic (exact) mass is 895 g/mol. The normalized spacial score (nSPS) is 17.3. The maximum Gasteiger partial charge on any atom is 0.146 e. The van der Waals surface area contributed by atoms with Crippen LogP contribution in [0.25, 0.3) is 66.8 Å². The Kier molecular flexibility index (Phi) is 7.60. The van der Waals surface area contributed by atoms with Crippen molar-refractivity contribution in [3.8, 4) is 44.9 Å². The summed E-state index contributed by atoms with van der Waals surface area (Å²) in [6.45, 7) is 4.68. The molecule has 4 aromatic heterocycles. The fourth-order valence-corrected chi connectivity index (χ4v) is 7.60. The van der Waals surface area contributed by atoms with Crippen LogP contribution >= 0.6 is 0 Å². The topological polar surface area (TPSA) is 51.8 Å². The quantitative estimate of drug-likeness (QED) is 0.109. The Morgan fingerprint density at radius 2 is 0.985 bits per heavy atom. The van der Waals surface area contributed by atoms with Crippen molar-refractivity contribution < 1.29 is 34.9 Å². The van der Waals surface area contributed by atoms with Crippen molar-refractivity contribution in [2.24, 2.45) is 5.41 Å². The average Bonchev–Trinajstić information content (AvgIpc) is 1.30. The van der Waals surface area contributed by atoms with Gasteiger partial charge in [0.15, 0.2) is 0 Å². The van der Waals surface area contributed by atoms with Gasteiger partial charge in [-0.25, -0.2) is 4.39 Å². The summed E-state index contributed by atoms with van der Waals surface area (Å²) >= 11 is 0. The zero-order chi connectivity index (χ0) is 62.6. The van der Waals surface area contributed by atoms with Crippen molar-refractivity contribution in [1.29, 1.82) is 0 Å². The molecule has 67 heavy (non-hydrogen) atoms. The molecule has 6 aromatic carbocycles. The number of hydrogen-bond acceptors (Lipinski definition) is 4. The smallest absolute Gasteiger partial charge is 0.146 e. The van der Waals surface area contributed by atoms with E-state index in [9.17, 15) is 16.4 Å². The first-order valence-corrected chi connectivity index (χ1v) is 21.5. The third kappa shape index (κ3) is 10.0. The van der Waals surface area contributed by atoms with Crippen molar-refractivity contribution in [3.63, 3.8) is 0 Å². The molecule has 10 rings (SSSR count). The van der Waals surface area contributed by atoms with Crippen LogP contribution in [0.3, 0.4) is 0 Å². The Hall–Kier alpha value is -7.50. The van der Waals surface area contributed by atoms with Gasteiger partial charge in [0, 0.05) is 65.2 Å². The van der Waals surface area contributed by atoms with E-state index >= 15 is 4.39 Å². The first kappa shape index (κ1) is 26.6. The van der Waals surface area contributed by atoms with Crippen LogP contribution < -0.4 is 0 Å². The lowest BCUT2D eigenvalue weighted by Crippen LogP contribution is -2.11. The van der Waals surface area contributed by atoms with Crippen LogP contribution in [0.2, 0.25) is 0 Å². The second-order valence-corrected chi connectivity index (χ2v) is 16.7. The molecule has 0 aliphatic rings. The number of furan rings is 1. The number of benzene rings is 6. The molecule has 0 unspecified atom stereocenters. The molecule has 0 radical (unpaired) electrons. The molecule has 0 atom stereocenters. The molecule has 4 nitrogen and oxygen atoms in total. The molecular formula is C62H54FN3O. The van der Waals surface area contributed by atoms with Gasteiger partial charge in [0.1, 0.15) is 17.0 Å². The molecule has 0 aliphatic heterocycles. The summed E-state index contributed by atoms with van der Waals surface area (Å²) in [6, 6.07) is 31.1. The molecule has 0 N–H and O–H groups in total. The van der Waals surface area contributed by atoms with Crippen molar-refractivity contribution in [3.05, 3.63) is 233 Å². The van der Waals surface area contributed by atoms with Crippen LogP contribution in [0.1, 0.15) is 85.8 Å². The molecule has 10 aromatic rings. The van der Waals surface area contributed by atoms with Crippen molar-refractivity contribution in [1.82, 2.24) is 15.0 Å². The Bertz CT molecular complexity index is 4090. The van der Waals surface area contributed by atoms with E-state index in [-0.39, 0.29) is 49.9 Å². The summed E-state index contributed by atoms with van der Waals surface area (Å²) in [5.41, 5.74) is -3.31. The van der Waals surface area contributed by atoms with Crippen LogP contribution in [0.5, 0.6) is 0 Å². The molecule has 5 heteroatoms. The lowest BCUT2D eigenvalue weighted by molar-refractivity contribution is 0.402. The van der Waals surface area contributed by atoms with Gasteiger partial charge in [-0.15, -0.1) is 0 Å². The summed E-state index contributed by atoms with van der Waals surface area (Å²) in [5, 5.41) is 0.404. The highest BCUT2D eigenvalue weighted by atomic mass is 19.1. The fourth-order valence-electron chi connectivity index (χ4n) is 7.60. The predicted octanol–water partition coefficient (Wildman–Crippen LogP) is 15.5. The van der Waals surface area contributed by atoms with Gasteiger partial charge in [-0.3, -0.25) is 15.0 Å². The second-order valence-electron chi connectivity index (χ2n) is 16.7. The van der Waals surface area contributed by atoms with Crippen molar-refractivity contribution >= 4 is 21.9 Å². The molecule has 0 aliphatic carbocycles. The molecule has 330 valence electrons. The summed E-state index contributed by atoms with van der Waals surface area (Å²) in [7, 11) is 0. The number of aryl methyl sites for hydroxylation is 6. The van der Waals surface area contributed by atoms with Crippen LogP contribution in [0.4, 0.5) is 4.39 Å². The first-order chi connectivity index (χ1) is 40.1. The van der Waals surface area contributed by atoms with Gasteiger partial charge in [-0.05, 0) is 125 Å². The van der Waals surface area contributed by atoms with Gasteiger partial charge in [0.2, 0.25) is 0 Å². The third-order valence-electron chi connectivity index (χ3n) is 10.7. The number of nitrogens with zero attached hydrogens (tertiary/aromatic N) is 3. The molecule has 0 saturated heterocycles. The number of aromatic nitrogens is 3. The zero-order valence-corrected chi connectivity index (χ0v) is 36.6. The largest absolute Gasteiger partial charge is 0.455 e. The van der Waals surface area contributed by atoms with Gasteiger partial charge >= 0.3 is 0 Å². The molecule has 0 saturated carbocycles. The van der Waals surface area contributed by atoms with E-state index in [0.717, 1.165) is 36.8 Å². The van der Waals surface area contributed by atoms with E-state index in [0.29, 0.717) is 22.5 Å². The van der Waals surface area contributed by atoms with Gasteiger partial charge in [0.05, 0.1) is 29.5 Å². The Labute approximate surface area is 420 Å². The number of halogens is 1. The fraction of sp³-hybridized carbons (Fsp3) is 0.177. The minimum absolute atomic E-state index is 0.0287. The van der Waals surface area contributed by atoms with Gasteiger partial charge in [-0.1, -0.05) is 160 Å². The summed E-state index contributed by atoms with van der Waals surface area (Å²) in [4.78, 5) is 13.3. The SMILES string of the molecule is [2H]c1c([2H])c([2H])c(-c2c(F)c(C([2H])([2H])C(C)(C)C)cc3c2oc2c(-c4ccc(C([2H])([2H])C([2H])([2H])c5cc(C([2H])([2H])C([2H])([2H])c6ccc(-c7ccccc7)nc6)cc(C([2H])([2H])C([2H])([2H])c6ccc(-c7ccccc7)nc6)c5)cn4)cccc23)c([2H])c1[2H]. The van der Waals surface area contributed by atoms with Crippen LogP contribution in [-0.4, -0.2) is 15.0 Å². The summed E-state index contributed by atoms with van der Waals surface area (Å²) < 4.78 is 198. The molecule has 0 amide bonds. The maximum atomic E-state index is 17.3. The molecule has 0 fully saturated rings. The van der Waals surface area contributed by atoms with Gasteiger partial charge < -0.3 is 4.42 Å². The van der Waals surface area contributed by atoms with Gasteiger partial charge in [0.25, 0.3) is 0 Å². The van der Waals surface area contributed by atoms with Crippen LogP contribution in [0, 0.1) is 11.2 Å². The van der Waals surface area contributed by atoms with E-state index in [1.54, 1.807) is 87.5 Å². The van der Waals surface area contributed by atoms with E-state index < -0.39 is 119 Å². The standard InChI is InChI=1S/C62H54FN3O/c1-62(2,3)38-51-37-54-52-20-13-21-53(60(52)67-61(54)58(59(51)63)50-18-11-6-12-19-50)57-33-30-44(41-66-57)24-27-47-35-45(25-22-42-28-31-55(64-39-42)48-14-7-4-8-15-48)34-46(36-47)26-23-43-29-32-56(65-40-43)49-16-9-5-10-17-49/h4-21,28-37,39-41H,22-27,38H2,1-3H3/i6D,11D,12D,18D,19D,22D2,23D2,24D2,25D2,26D2,27D2,38D2. The number of hydrogen-bond donors (Lipinski definition) is 0. The molecule has 0 bridgehead atoms. The summed E-state index contributed by atoms with van der Waals surface area (Å²) in [5.74, 6) is -1.21. The average molecular weight is 895 g/mol. The lowest BCUT2D eigenvalue weighted by atomic mass is 9.86. The minimum Gasteiger partial charge on any atom is -0.455 e. The zero-order valence-electron chi connectivity index (χ0n) is 55.6. The second kappa shape index (κ2) is 19.1. The highest BCUT2D eigenvalue weighted by molar-refractivity contribution is 6.13. The highest BCUT2D eigenvalue weighted by Gasteiger charge is 2.24. The number of rotatable bonds is 14. The third-order valence-corrected chi connectivity index (χ3v) is 10.7. The Morgan fingerprint density at radius 1 is 0.493 bits per heavy atom. The van der Waals surface area contributed by atoms with Crippen LogP contribution in [0.15, 0.2) is 193 Å². The molecular weight excluding hydrogens is 822 g/mol. The molecule has 4 heterocycles. The lowest BCUT2D eigenvalue weighted by Gasteiger charge is -2.20. The Balaban J connectivity index is 1.08. The van der Waals surface area contributed by atoms with E-state index in [2.05, 4.69) is 15.0 Å². The number of para-hydroxylation sites is 1. The predicted molar refractivity (Wildman–Crippen MR) is 274 cm³/mol. The molecule has 0 spiro atoms. The van der Waals surface area contributed by atoms with Gasteiger partial charge in [-0.2, -0.15) is 0 Å². The summed E-state index contributed by atoms with van der Waals surface area (Å²) in [6.07, 6.45) is -17.8. The van der Waals surface area contributed by atoms with Crippen molar-refractivity contribution in [2.45, 2.75) is 65.4 Å². The van der Waals surface area contributed by atoms with E-state index in [4.69, 9.17) is 14.0 Å². The maximum absolute atomic E-state index is 17.3.